The zero-order valence-electron chi connectivity index (χ0n) is 14.1. The molecule has 0 bridgehead atoms. The molecule has 4 nitrogen and oxygen atoms in total. The summed E-state index contributed by atoms with van der Waals surface area (Å²) >= 11 is 3.48. The molecular formula is C20H21BrN4. The monoisotopic (exact) mass is 396 g/mol. The van der Waals surface area contributed by atoms with Gasteiger partial charge >= 0.3 is 0 Å². The van der Waals surface area contributed by atoms with E-state index in [1.54, 1.807) is 12.3 Å². The van der Waals surface area contributed by atoms with Gasteiger partial charge in [0, 0.05) is 17.2 Å². The first-order chi connectivity index (χ1) is 12.1. The predicted octanol–water partition coefficient (Wildman–Crippen LogP) is 4.63. The highest BCUT2D eigenvalue weighted by Gasteiger charge is 2.18. The van der Waals surface area contributed by atoms with Crippen LogP contribution in [0.1, 0.15) is 24.1 Å². The largest absolute Gasteiger partial charge is 0.384 e. The van der Waals surface area contributed by atoms with Gasteiger partial charge in [0.25, 0.3) is 0 Å². The molecule has 0 aliphatic rings. The molecule has 1 heterocycles. The third-order valence-corrected chi connectivity index (χ3v) is 4.75. The number of nitrogens with zero attached hydrogens (tertiary/aromatic N) is 3. The van der Waals surface area contributed by atoms with E-state index < -0.39 is 0 Å². The van der Waals surface area contributed by atoms with Crippen LogP contribution in [0.15, 0.2) is 71.3 Å². The molecule has 1 unspecified atom stereocenters. The number of benzene rings is 2. The summed E-state index contributed by atoms with van der Waals surface area (Å²) < 4.78 is 1.09. The first-order valence-electron chi connectivity index (χ1n) is 8.28. The Hall–Kier alpha value is -2.40. The van der Waals surface area contributed by atoms with Crippen molar-refractivity contribution in [2.45, 2.75) is 19.4 Å². The molecule has 25 heavy (non-hydrogen) atoms. The Balaban J connectivity index is 1.84. The van der Waals surface area contributed by atoms with Gasteiger partial charge < -0.3 is 10.6 Å². The molecule has 0 saturated carbocycles. The maximum Gasteiger partial charge on any atom is 0.227 e. The number of halogens is 1. The average Bonchev–Trinajstić information content (AvgIpc) is 2.64. The van der Waals surface area contributed by atoms with E-state index in [1.165, 1.54) is 11.1 Å². The maximum atomic E-state index is 5.88. The Morgan fingerprint density at radius 1 is 1.04 bits per heavy atom. The fraction of sp³-hybridized carbons (Fsp3) is 0.200. The van der Waals surface area contributed by atoms with E-state index in [1.807, 2.05) is 6.07 Å². The van der Waals surface area contributed by atoms with Crippen molar-refractivity contribution >= 4 is 27.7 Å². The van der Waals surface area contributed by atoms with Crippen molar-refractivity contribution in [2.24, 2.45) is 0 Å². The van der Waals surface area contributed by atoms with Crippen molar-refractivity contribution in [3.63, 3.8) is 0 Å². The molecule has 0 fully saturated rings. The van der Waals surface area contributed by atoms with E-state index in [-0.39, 0.29) is 6.04 Å². The van der Waals surface area contributed by atoms with Crippen LogP contribution in [0, 0.1) is 0 Å². The summed E-state index contributed by atoms with van der Waals surface area (Å²) in [5.41, 5.74) is 8.38. The van der Waals surface area contributed by atoms with Crippen LogP contribution < -0.4 is 10.6 Å². The fourth-order valence-corrected chi connectivity index (χ4v) is 3.04. The number of aromatic nitrogens is 2. The molecule has 3 aromatic rings. The average molecular weight is 397 g/mol. The minimum Gasteiger partial charge on any atom is -0.384 e. The lowest BCUT2D eigenvalue weighted by Gasteiger charge is -2.30. The van der Waals surface area contributed by atoms with Gasteiger partial charge in [0.05, 0.1) is 6.04 Å². The van der Waals surface area contributed by atoms with Gasteiger partial charge in [-0.25, -0.2) is 4.98 Å². The molecule has 0 spiro atoms. The number of hydrogen-bond acceptors (Lipinski definition) is 4. The Bertz CT molecular complexity index is 805. The van der Waals surface area contributed by atoms with Gasteiger partial charge in [-0.3, -0.25) is 0 Å². The van der Waals surface area contributed by atoms with Crippen LogP contribution in [0.5, 0.6) is 0 Å². The molecule has 5 heteroatoms. The first-order valence-corrected chi connectivity index (χ1v) is 9.07. The third kappa shape index (κ3) is 4.57. The first kappa shape index (κ1) is 17.4. The zero-order valence-corrected chi connectivity index (χ0v) is 15.7. The summed E-state index contributed by atoms with van der Waals surface area (Å²) in [6.07, 6.45) is 2.62. The highest BCUT2D eigenvalue weighted by atomic mass is 79.9. The SMILES string of the molecule is CC(c1ccccc1)N(CCc1ccc(Br)cc1)c1nccc(N)n1. The van der Waals surface area contributed by atoms with Crippen molar-refractivity contribution in [3.8, 4) is 0 Å². The third-order valence-electron chi connectivity index (χ3n) is 4.23. The second kappa shape index (κ2) is 8.12. The van der Waals surface area contributed by atoms with Crippen molar-refractivity contribution < 1.29 is 0 Å². The van der Waals surface area contributed by atoms with Gasteiger partial charge in [0.15, 0.2) is 0 Å². The molecular weight excluding hydrogens is 376 g/mol. The summed E-state index contributed by atoms with van der Waals surface area (Å²) in [7, 11) is 0. The molecule has 0 aliphatic heterocycles. The smallest absolute Gasteiger partial charge is 0.227 e. The molecule has 2 aromatic carbocycles. The minimum absolute atomic E-state index is 0.151. The quantitative estimate of drug-likeness (QED) is 0.659. The molecule has 0 saturated heterocycles. The van der Waals surface area contributed by atoms with Crippen LogP contribution in [0.3, 0.4) is 0 Å². The summed E-state index contributed by atoms with van der Waals surface area (Å²) in [4.78, 5) is 11.1. The second-order valence-electron chi connectivity index (χ2n) is 5.94. The maximum absolute atomic E-state index is 5.88. The highest BCUT2D eigenvalue weighted by molar-refractivity contribution is 9.10. The van der Waals surface area contributed by atoms with Gasteiger partial charge in [-0.15, -0.1) is 0 Å². The fourth-order valence-electron chi connectivity index (χ4n) is 2.78. The summed E-state index contributed by atoms with van der Waals surface area (Å²) in [5, 5.41) is 0. The molecule has 1 atom stereocenters. The minimum atomic E-state index is 0.151. The predicted molar refractivity (Wildman–Crippen MR) is 106 cm³/mol. The lowest BCUT2D eigenvalue weighted by molar-refractivity contribution is 0.647. The van der Waals surface area contributed by atoms with Gasteiger partial charge in [0.1, 0.15) is 5.82 Å². The Labute approximate surface area is 156 Å². The normalized spacial score (nSPS) is 11.9. The van der Waals surface area contributed by atoms with E-state index in [0.29, 0.717) is 11.8 Å². The molecule has 128 valence electrons. The lowest BCUT2D eigenvalue weighted by atomic mass is 10.1. The van der Waals surface area contributed by atoms with Crippen molar-refractivity contribution in [1.82, 2.24) is 9.97 Å². The number of hydrogen-bond donors (Lipinski definition) is 1. The number of nitrogens with two attached hydrogens (primary N) is 1. The Morgan fingerprint density at radius 3 is 2.44 bits per heavy atom. The molecule has 0 radical (unpaired) electrons. The van der Waals surface area contributed by atoms with Crippen molar-refractivity contribution in [2.75, 3.05) is 17.2 Å². The van der Waals surface area contributed by atoms with Crippen LogP contribution in [0.25, 0.3) is 0 Å². The molecule has 2 N–H and O–H groups in total. The lowest BCUT2D eigenvalue weighted by Crippen LogP contribution is -2.31. The van der Waals surface area contributed by atoms with E-state index in [9.17, 15) is 0 Å². The summed E-state index contributed by atoms with van der Waals surface area (Å²) in [6, 6.07) is 20.7. The van der Waals surface area contributed by atoms with Gasteiger partial charge in [-0.1, -0.05) is 58.4 Å². The second-order valence-corrected chi connectivity index (χ2v) is 6.85. The van der Waals surface area contributed by atoms with Gasteiger partial charge in [0.2, 0.25) is 5.95 Å². The van der Waals surface area contributed by atoms with Crippen LogP contribution in [0.4, 0.5) is 11.8 Å². The van der Waals surface area contributed by atoms with Crippen LogP contribution in [-0.4, -0.2) is 16.5 Å². The van der Waals surface area contributed by atoms with Crippen LogP contribution >= 0.6 is 15.9 Å². The Kier molecular flexibility index (Phi) is 5.66. The van der Waals surface area contributed by atoms with E-state index in [4.69, 9.17) is 5.73 Å². The summed E-state index contributed by atoms with van der Waals surface area (Å²) in [6.45, 7) is 2.98. The zero-order chi connectivity index (χ0) is 17.6. The van der Waals surface area contributed by atoms with E-state index in [2.05, 4.69) is 86.3 Å². The molecule has 1 aromatic heterocycles. The van der Waals surface area contributed by atoms with E-state index in [0.717, 1.165) is 17.4 Å². The van der Waals surface area contributed by atoms with Gasteiger partial charge in [-0.2, -0.15) is 4.98 Å². The van der Waals surface area contributed by atoms with Gasteiger partial charge in [-0.05, 0) is 42.7 Å². The van der Waals surface area contributed by atoms with Crippen molar-refractivity contribution in [3.05, 3.63) is 82.5 Å². The van der Waals surface area contributed by atoms with Crippen LogP contribution in [0.2, 0.25) is 0 Å². The number of anilines is 2. The molecule has 0 amide bonds. The van der Waals surface area contributed by atoms with Crippen LogP contribution in [-0.2, 0) is 6.42 Å². The molecule has 0 aliphatic carbocycles. The topological polar surface area (TPSA) is 55.0 Å². The highest BCUT2D eigenvalue weighted by Crippen LogP contribution is 2.25. The standard InChI is InChI=1S/C20H21BrN4/c1-15(17-5-3-2-4-6-17)25(20-23-13-11-19(22)24-20)14-12-16-7-9-18(21)10-8-16/h2-11,13,15H,12,14H2,1H3,(H2,22,23,24). The van der Waals surface area contributed by atoms with Crippen molar-refractivity contribution in [1.29, 1.82) is 0 Å². The number of rotatable bonds is 6. The number of nitrogen functional groups attached to an aromatic ring is 1. The van der Waals surface area contributed by atoms with E-state index >= 15 is 0 Å². The molecule has 3 rings (SSSR count). The summed E-state index contributed by atoms with van der Waals surface area (Å²) in [5.74, 6) is 1.15. The Morgan fingerprint density at radius 2 is 1.76 bits per heavy atom.